The average molecular weight is 403 g/mol. The summed E-state index contributed by atoms with van der Waals surface area (Å²) in [4.78, 5) is 12.4. The van der Waals surface area contributed by atoms with Gasteiger partial charge in [0.15, 0.2) is 0 Å². The highest BCUT2D eigenvalue weighted by atomic mass is 19.1. The van der Waals surface area contributed by atoms with Crippen LogP contribution in [-0.2, 0) is 13.1 Å². The van der Waals surface area contributed by atoms with Crippen molar-refractivity contribution in [2.75, 3.05) is 0 Å². The van der Waals surface area contributed by atoms with E-state index in [0.29, 0.717) is 6.54 Å². The van der Waals surface area contributed by atoms with Crippen molar-refractivity contribution in [3.05, 3.63) is 113 Å². The van der Waals surface area contributed by atoms with Gasteiger partial charge in [0, 0.05) is 23.9 Å². The topological polar surface area (TPSA) is 46.9 Å². The van der Waals surface area contributed by atoms with Gasteiger partial charge in [-0.15, -0.1) is 0 Å². The summed E-state index contributed by atoms with van der Waals surface area (Å²) >= 11 is 0. The second kappa shape index (κ2) is 8.69. The molecule has 0 radical (unpaired) electrons. The number of halogens is 2. The maximum atomic E-state index is 13.9. The Kier molecular flexibility index (Phi) is 5.66. The van der Waals surface area contributed by atoms with Crippen LogP contribution in [0.3, 0.4) is 0 Å². The lowest BCUT2D eigenvalue weighted by atomic mass is 10.1. The Balaban J connectivity index is 1.59. The van der Waals surface area contributed by atoms with Crippen LogP contribution < -0.4 is 5.32 Å². The number of nitrogens with zero attached hydrogens (tertiary/aromatic N) is 2. The summed E-state index contributed by atoms with van der Waals surface area (Å²) in [6.45, 7) is 0.709. The highest BCUT2D eigenvalue weighted by Crippen LogP contribution is 2.22. The third-order valence-electron chi connectivity index (χ3n) is 4.68. The van der Waals surface area contributed by atoms with Crippen LogP contribution in [0, 0.1) is 11.6 Å². The Morgan fingerprint density at radius 2 is 1.63 bits per heavy atom. The fraction of sp³-hybridized carbons (Fsp3) is 0.0833. The van der Waals surface area contributed by atoms with Crippen molar-refractivity contribution in [2.45, 2.75) is 13.1 Å². The lowest BCUT2D eigenvalue weighted by Gasteiger charge is -2.07. The molecule has 1 N–H and O–H groups in total. The van der Waals surface area contributed by atoms with E-state index in [0.717, 1.165) is 40.6 Å². The molecule has 1 amide bonds. The third kappa shape index (κ3) is 4.43. The second-order valence-electron chi connectivity index (χ2n) is 6.86. The molecular weight excluding hydrogens is 384 g/mol. The first-order chi connectivity index (χ1) is 14.6. The Labute approximate surface area is 172 Å². The van der Waals surface area contributed by atoms with Gasteiger partial charge in [-0.3, -0.25) is 9.48 Å². The first kappa shape index (κ1) is 19.5. The molecule has 0 unspecified atom stereocenters. The number of hydrogen-bond acceptors (Lipinski definition) is 2. The smallest absolute Gasteiger partial charge is 0.254 e. The number of benzene rings is 3. The van der Waals surface area contributed by atoms with Crippen molar-refractivity contribution in [1.82, 2.24) is 15.1 Å². The molecule has 150 valence electrons. The molecule has 0 fully saturated rings. The van der Waals surface area contributed by atoms with Gasteiger partial charge in [0.2, 0.25) is 0 Å². The zero-order valence-electron chi connectivity index (χ0n) is 16.1. The van der Waals surface area contributed by atoms with Gasteiger partial charge in [0.05, 0.1) is 17.8 Å². The summed E-state index contributed by atoms with van der Waals surface area (Å²) in [6, 6.07) is 22.3. The van der Waals surface area contributed by atoms with E-state index in [1.54, 1.807) is 0 Å². The van der Waals surface area contributed by atoms with Gasteiger partial charge in [-0.2, -0.15) is 5.10 Å². The first-order valence-electron chi connectivity index (χ1n) is 9.49. The summed E-state index contributed by atoms with van der Waals surface area (Å²) < 4.78 is 29.1. The normalized spacial score (nSPS) is 10.7. The fourth-order valence-electron chi connectivity index (χ4n) is 3.22. The van der Waals surface area contributed by atoms with Crippen LogP contribution in [0.15, 0.2) is 85.1 Å². The Morgan fingerprint density at radius 3 is 2.37 bits per heavy atom. The first-order valence-corrected chi connectivity index (χ1v) is 9.49. The minimum atomic E-state index is -0.767. The molecule has 3 aromatic carbocycles. The number of amides is 1. The second-order valence-corrected chi connectivity index (χ2v) is 6.86. The van der Waals surface area contributed by atoms with E-state index in [2.05, 4.69) is 10.4 Å². The summed E-state index contributed by atoms with van der Waals surface area (Å²) in [6.07, 6.45) is 1.86. The average Bonchev–Trinajstić information content (AvgIpc) is 3.17. The number of nitrogens with one attached hydrogen (secondary N) is 1. The maximum absolute atomic E-state index is 13.9. The summed E-state index contributed by atoms with van der Waals surface area (Å²) in [5.41, 5.74) is 3.18. The molecule has 4 aromatic rings. The molecule has 1 aromatic heterocycles. The third-order valence-corrected chi connectivity index (χ3v) is 4.68. The van der Waals surface area contributed by atoms with Gasteiger partial charge in [-0.05, 0) is 23.8 Å². The van der Waals surface area contributed by atoms with E-state index in [1.165, 1.54) is 0 Å². The van der Waals surface area contributed by atoms with Crippen LogP contribution in [0.25, 0.3) is 11.3 Å². The molecule has 0 aliphatic carbocycles. The van der Waals surface area contributed by atoms with Gasteiger partial charge in [0.25, 0.3) is 5.91 Å². The van der Waals surface area contributed by atoms with Crippen molar-refractivity contribution in [3.63, 3.8) is 0 Å². The van der Waals surface area contributed by atoms with Crippen LogP contribution in [0.5, 0.6) is 0 Å². The minimum absolute atomic E-state index is 0.133. The van der Waals surface area contributed by atoms with E-state index in [4.69, 9.17) is 0 Å². The molecule has 6 heteroatoms. The highest BCUT2D eigenvalue weighted by molar-refractivity contribution is 5.94. The van der Waals surface area contributed by atoms with E-state index in [1.807, 2.05) is 71.5 Å². The number of rotatable bonds is 6. The molecule has 0 aliphatic rings. The number of carbonyl (C=O) groups is 1. The molecule has 0 atom stereocenters. The van der Waals surface area contributed by atoms with Crippen LogP contribution in [0.4, 0.5) is 8.78 Å². The Bertz CT molecular complexity index is 1160. The van der Waals surface area contributed by atoms with Crippen LogP contribution in [0.2, 0.25) is 0 Å². The molecule has 0 spiro atoms. The Morgan fingerprint density at radius 1 is 0.933 bits per heavy atom. The fourth-order valence-corrected chi connectivity index (χ4v) is 3.22. The zero-order chi connectivity index (χ0) is 20.9. The van der Waals surface area contributed by atoms with E-state index >= 15 is 0 Å². The minimum Gasteiger partial charge on any atom is -0.348 e. The summed E-state index contributed by atoms with van der Waals surface area (Å²) in [5.74, 6) is -2.11. The van der Waals surface area contributed by atoms with Crippen LogP contribution in [0.1, 0.15) is 21.5 Å². The molecular formula is C24H19F2N3O. The van der Waals surface area contributed by atoms with Crippen molar-refractivity contribution < 1.29 is 13.6 Å². The number of carbonyl (C=O) groups excluding carboxylic acids is 1. The van der Waals surface area contributed by atoms with Crippen molar-refractivity contribution in [2.24, 2.45) is 0 Å². The van der Waals surface area contributed by atoms with Gasteiger partial charge >= 0.3 is 0 Å². The quantitative estimate of drug-likeness (QED) is 0.502. The van der Waals surface area contributed by atoms with Gasteiger partial charge in [-0.25, -0.2) is 8.78 Å². The zero-order valence-corrected chi connectivity index (χ0v) is 16.1. The van der Waals surface area contributed by atoms with Crippen LogP contribution in [-0.4, -0.2) is 15.7 Å². The highest BCUT2D eigenvalue weighted by Gasteiger charge is 2.16. The molecule has 0 bridgehead atoms. The molecule has 0 saturated carbocycles. The number of aromatic nitrogens is 2. The lowest BCUT2D eigenvalue weighted by Crippen LogP contribution is -2.24. The van der Waals surface area contributed by atoms with Gasteiger partial charge < -0.3 is 5.32 Å². The lowest BCUT2D eigenvalue weighted by molar-refractivity contribution is 0.0946. The van der Waals surface area contributed by atoms with Crippen molar-refractivity contribution >= 4 is 5.91 Å². The summed E-state index contributed by atoms with van der Waals surface area (Å²) in [7, 11) is 0. The largest absolute Gasteiger partial charge is 0.348 e. The molecule has 0 aliphatic heterocycles. The molecule has 0 saturated heterocycles. The van der Waals surface area contributed by atoms with E-state index < -0.39 is 17.5 Å². The molecule has 30 heavy (non-hydrogen) atoms. The van der Waals surface area contributed by atoms with Gasteiger partial charge in [-0.1, -0.05) is 60.7 Å². The standard InChI is InChI=1S/C24H19F2N3O/c25-20-11-12-22(26)21(13-20)24(30)27-14-19-16-29(15-17-7-3-1-4-8-17)28-23(19)18-9-5-2-6-10-18/h1-13,16H,14-15H2,(H,27,30). The van der Waals surface area contributed by atoms with E-state index in [9.17, 15) is 13.6 Å². The monoisotopic (exact) mass is 403 g/mol. The summed E-state index contributed by atoms with van der Waals surface area (Å²) in [5, 5.41) is 7.36. The molecule has 1 heterocycles. The molecule has 4 rings (SSSR count). The SMILES string of the molecule is O=C(NCc1cn(Cc2ccccc2)nc1-c1ccccc1)c1cc(F)ccc1F. The van der Waals surface area contributed by atoms with Crippen molar-refractivity contribution in [3.8, 4) is 11.3 Å². The van der Waals surface area contributed by atoms with E-state index in [-0.39, 0.29) is 12.1 Å². The Hall–Kier alpha value is -3.80. The van der Waals surface area contributed by atoms with Crippen molar-refractivity contribution in [1.29, 1.82) is 0 Å². The van der Waals surface area contributed by atoms with Crippen LogP contribution >= 0.6 is 0 Å². The predicted molar refractivity (Wildman–Crippen MR) is 111 cm³/mol. The molecule has 4 nitrogen and oxygen atoms in total. The van der Waals surface area contributed by atoms with Gasteiger partial charge in [0.1, 0.15) is 11.6 Å². The maximum Gasteiger partial charge on any atom is 0.254 e. The number of hydrogen-bond donors (Lipinski definition) is 1. The predicted octanol–water partition coefficient (Wildman–Crippen LogP) is 4.81.